The van der Waals surface area contributed by atoms with Crippen LogP contribution in [0.3, 0.4) is 0 Å². The van der Waals surface area contributed by atoms with Crippen molar-refractivity contribution in [3.63, 3.8) is 0 Å². The highest BCUT2D eigenvalue weighted by molar-refractivity contribution is 5.85. The fraction of sp³-hybridized carbons (Fsp3) is 0.923. The maximum Gasteiger partial charge on any atom is 0.320 e. The van der Waals surface area contributed by atoms with Crippen molar-refractivity contribution in [1.82, 2.24) is 9.80 Å². The molecule has 1 N–H and O–H groups in total. The summed E-state index contributed by atoms with van der Waals surface area (Å²) in [4.78, 5) is 15.6. The van der Waals surface area contributed by atoms with Crippen molar-refractivity contribution in [3.05, 3.63) is 0 Å². The van der Waals surface area contributed by atoms with Gasteiger partial charge < -0.3 is 10.0 Å². The van der Waals surface area contributed by atoms with Gasteiger partial charge in [-0.2, -0.15) is 0 Å². The van der Waals surface area contributed by atoms with Crippen LogP contribution in [0.15, 0.2) is 0 Å². The predicted molar refractivity (Wildman–Crippen MR) is 74.4 cm³/mol. The van der Waals surface area contributed by atoms with Crippen LogP contribution in [0.4, 0.5) is 0 Å². The molecule has 4 nitrogen and oxygen atoms in total. The fourth-order valence-electron chi connectivity index (χ4n) is 3.08. The lowest BCUT2D eigenvalue weighted by Gasteiger charge is -2.41. The first-order valence-electron chi connectivity index (χ1n) is 6.89. The van der Waals surface area contributed by atoms with Gasteiger partial charge in [0.2, 0.25) is 0 Å². The molecule has 0 aromatic carbocycles. The predicted octanol–water partition coefficient (Wildman–Crippen LogP) is 1.83. The molecule has 2 aliphatic rings. The first-order chi connectivity index (χ1) is 8.18. The third-order valence-electron chi connectivity index (χ3n) is 4.31. The Kier molecular flexibility index (Phi) is 6.39. The molecule has 0 spiro atoms. The Bertz CT molecular complexity index is 262. The van der Waals surface area contributed by atoms with Crippen molar-refractivity contribution >= 4 is 18.4 Å². The summed E-state index contributed by atoms with van der Waals surface area (Å²) < 4.78 is 0. The van der Waals surface area contributed by atoms with E-state index in [1.165, 1.54) is 32.4 Å². The van der Waals surface area contributed by atoms with Gasteiger partial charge in [-0.3, -0.25) is 9.69 Å². The zero-order valence-electron chi connectivity index (χ0n) is 11.2. The highest BCUT2D eigenvalue weighted by atomic mass is 35.5. The first-order valence-corrected chi connectivity index (χ1v) is 6.89. The number of halogens is 1. The quantitative estimate of drug-likeness (QED) is 0.854. The van der Waals surface area contributed by atoms with Crippen molar-refractivity contribution in [3.8, 4) is 0 Å². The minimum atomic E-state index is -0.693. The van der Waals surface area contributed by atoms with Crippen LogP contribution in [-0.4, -0.2) is 59.1 Å². The van der Waals surface area contributed by atoms with E-state index in [4.69, 9.17) is 5.11 Å². The van der Waals surface area contributed by atoms with Crippen LogP contribution >= 0.6 is 12.4 Å². The summed E-state index contributed by atoms with van der Waals surface area (Å²) in [5.74, 6) is -0.693. The highest BCUT2D eigenvalue weighted by Gasteiger charge is 2.29. The number of piperidine rings is 2. The van der Waals surface area contributed by atoms with Crippen LogP contribution < -0.4 is 0 Å². The fourth-order valence-corrected chi connectivity index (χ4v) is 3.08. The van der Waals surface area contributed by atoms with Crippen LogP contribution in [0.25, 0.3) is 0 Å². The Morgan fingerprint density at radius 1 is 1.11 bits per heavy atom. The molecule has 106 valence electrons. The van der Waals surface area contributed by atoms with Crippen LogP contribution in [0, 0.1) is 0 Å². The molecule has 2 saturated heterocycles. The van der Waals surface area contributed by atoms with E-state index in [1.807, 2.05) is 0 Å². The van der Waals surface area contributed by atoms with Crippen LogP contribution in [0.5, 0.6) is 0 Å². The molecule has 5 heteroatoms. The zero-order chi connectivity index (χ0) is 12.3. The molecule has 0 saturated carbocycles. The lowest BCUT2D eigenvalue weighted by molar-refractivity contribution is -0.143. The summed E-state index contributed by atoms with van der Waals surface area (Å²) in [7, 11) is 0. The Morgan fingerprint density at radius 2 is 1.67 bits per heavy atom. The second-order valence-electron chi connectivity index (χ2n) is 5.38. The smallest absolute Gasteiger partial charge is 0.320 e. The molecular formula is C13H25ClN2O2. The van der Waals surface area contributed by atoms with Gasteiger partial charge in [0.15, 0.2) is 0 Å². The van der Waals surface area contributed by atoms with E-state index < -0.39 is 5.97 Å². The summed E-state index contributed by atoms with van der Waals surface area (Å²) in [6.45, 7) is 6.17. The average Bonchev–Trinajstić information content (AvgIpc) is 2.39. The Balaban J connectivity index is 0.00000162. The summed E-state index contributed by atoms with van der Waals surface area (Å²) in [6.07, 6.45) is 6.33. The number of rotatable bonds is 3. The maximum absolute atomic E-state index is 10.9. The second-order valence-corrected chi connectivity index (χ2v) is 5.38. The number of nitrogens with zero attached hydrogens (tertiary/aromatic N) is 2. The first kappa shape index (κ1) is 15.7. The van der Waals surface area contributed by atoms with Gasteiger partial charge >= 0.3 is 5.97 Å². The van der Waals surface area contributed by atoms with Crippen molar-refractivity contribution in [2.45, 2.75) is 51.1 Å². The molecule has 2 heterocycles. The molecule has 1 unspecified atom stereocenters. The number of likely N-dealkylation sites (tertiary alicyclic amines) is 2. The third-order valence-corrected chi connectivity index (χ3v) is 4.31. The van der Waals surface area contributed by atoms with Gasteiger partial charge in [-0.15, -0.1) is 12.4 Å². The number of hydrogen-bond acceptors (Lipinski definition) is 3. The summed E-state index contributed by atoms with van der Waals surface area (Å²) in [5.41, 5.74) is 0. The van der Waals surface area contributed by atoms with E-state index in [2.05, 4.69) is 9.80 Å². The SMILES string of the molecule is CC(C(=O)O)N1CCC(N2CCCCC2)CC1.Cl. The largest absolute Gasteiger partial charge is 0.480 e. The van der Waals surface area contributed by atoms with Gasteiger partial charge in [-0.05, 0) is 45.7 Å². The maximum atomic E-state index is 10.9. The van der Waals surface area contributed by atoms with Crippen molar-refractivity contribution in [2.24, 2.45) is 0 Å². The molecule has 0 radical (unpaired) electrons. The molecule has 0 aromatic rings. The molecule has 2 fully saturated rings. The van der Waals surface area contributed by atoms with Gasteiger partial charge in [0.1, 0.15) is 6.04 Å². The second kappa shape index (κ2) is 7.31. The molecule has 2 rings (SSSR count). The molecule has 0 amide bonds. The lowest BCUT2D eigenvalue weighted by Crippen LogP contribution is -2.50. The number of aliphatic carboxylic acids is 1. The lowest BCUT2D eigenvalue weighted by atomic mass is 9.99. The van der Waals surface area contributed by atoms with Gasteiger partial charge in [0.25, 0.3) is 0 Å². The molecule has 0 aliphatic carbocycles. The number of carboxylic acids is 1. The molecule has 1 atom stereocenters. The standard InChI is InChI=1S/C13H24N2O2.ClH/c1-11(13(16)17)14-9-5-12(6-10-14)15-7-3-2-4-8-15;/h11-12H,2-10H2,1H3,(H,16,17);1H. The normalized spacial score (nSPS) is 25.4. The average molecular weight is 277 g/mol. The van der Waals surface area contributed by atoms with Crippen molar-refractivity contribution < 1.29 is 9.90 Å². The Labute approximate surface area is 116 Å². The van der Waals surface area contributed by atoms with Crippen LogP contribution in [0.1, 0.15) is 39.0 Å². The van der Waals surface area contributed by atoms with Gasteiger partial charge in [-0.1, -0.05) is 6.42 Å². The molecule has 18 heavy (non-hydrogen) atoms. The molecular weight excluding hydrogens is 252 g/mol. The van der Waals surface area contributed by atoms with Crippen LogP contribution in [0.2, 0.25) is 0 Å². The van der Waals surface area contributed by atoms with Gasteiger partial charge in [-0.25, -0.2) is 0 Å². The Hall–Kier alpha value is -0.320. The zero-order valence-corrected chi connectivity index (χ0v) is 12.0. The van der Waals surface area contributed by atoms with E-state index in [0.29, 0.717) is 6.04 Å². The van der Waals surface area contributed by atoms with E-state index in [-0.39, 0.29) is 18.4 Å². The molecule has 0 aromatic heterocycles. The van der Waals surface area contributed by atoms with E-state index >= 15 is 0 Å². The van der Waals surface area contributed by atoms with E-state index in [1.54, 1.807) is 6.92 Å². The Morgan fingerprint density at radius 3 is 2.17 bits per heavy atom. The number of carboxylic acid groups (broad SMARTS) is 1. The van der Waals surface area contributed by atoms with Gasteiger partial charge in [0.05, 0.1) is 0 Å². The van der Waals surface area contributed by atoms with Crippen LogP contribution in [-0.2, 0) is 4.79 Å². The minimum Gasteiger partial charge on any atom is -0.480 e. The summed E-state index contributed by atoms with van der Waals surface area (Å²) in [6, 6.07) is 0.379. The molecule has 2 aliphatic heterocycles. The number of carbonyl (C=O) groups is 1. The van der Waals surface area contributed by atoms with E-state index in [9.17, 15) is 4.79 Å². The highest BCUT2D eigenvalue weighted by Crippen LogP contribution is 2.21. The molecule has 0 bridgehead atoms. The van der Waals surface area contributed by atoms with Gasteiger partial charge in [0, 0.05) is 19.1 Å². The summed E-state index contributed by atoms with van der Waals surface area (Å²) in [5, 5.41) is 9.00. The topological polar surface area (TPSA) is 43.8 Å². The number of hydrogen-bond donors (Lipinski definition) is 1. The van der Waals surface area contributed by atoms with Crippen molar-refractivity contribution in [2.75, 3.05) is 26.2 Å². The van der Waals surface area contributed by atoms with E-state index in [0.717, 1.165) is 25.9 Å². The minimum absolute atomic E-state index is 0. The summed E-state index contributed by atoms with van der Waals surface area (Å²) >= 11 is 0. The third kappa shape index (κ3) is 3.84. The van der Waals surface area contributed by atoms with Crippen molar-refractivity contribution in [1.29, 1.82) is 0 Å². The monoisotopic (exact) mass is 276 g/mol.